The Bertz CT molecular complexity index is 280. The Morgan fingerprint density at radius 2 is 2.00 bits per heavy atom. The summed E-state index contributed by atoms with van der Waals surface area (Å²) in [6, 6.07) is 8.69. The van der Waals surface area contributed by atoms with Crippen molar-refractivity contribution >= 4 is 15.9 Å². The van der Waals surface area contributed by atoms with Crippen LogP contribution in [0.15, 0.2) is 28.7 Å². The maximum absolute atomic E-state index is 3.52. The minimum atomic E-state index is 0.694. The molecular weight excluding hydrogens is 248 g/mol. The lowest BCUT2D eigenvalue weighted by Gasteiger charge is -2.11. The van der Waals surface area contributed by atoms with E-state index in [-0.39, 0.29) is 0 Å². The molecule has 1 heteroatoms. The summed E-state index contributed by atoms with van der Waals surface area (Å²) >= 11 is 3.52. The fraction of sp³-hybridized carbons (Fsp3) is 0.571. The highest BCUT2D eigenvalue weighted by atomic mass is 79.9. The van der Waals surface area contributed by atoms with Crippen LogP contribution in [0.3, 0.4) is 0 Å². The number of hydrogen-bond donors (Lipinski definition) is 0. The molecule has 1 atom stereocenters. The fourth-order valence-electron chi connectivity index (χ4n) is 1.86. The van der Waals surface area contributed by atoms with E-state index in [4.69, 9.17) is 0 Å². The van der Waals surface area contributed by atoms with Gasteiger partial charge in [0, 0.05) is 4.47 Å². The molecule has 0 heterocycles. The van der Waals surface area contributed by atoms with Crippen LogP contribution in [0.25, 0.3) is 0 Å². The molecule has 0 N–H and O–H groups in total. The van der Waals surface area contributed by atoms with Gasteiger partial charge in [-0.2, -0.15) is 0 Å². The van der Waals surface area contributed by atoms with E-state index in [2.05, 4.69) is 54.0 Å². The van der Waals surface area contributed by atoms with Gasteiger partial charge >= 0.3 is 0 Å². The van der Waals surface area contributed by atoms with Crippen molar-refractivity contribution in [2.45, 2.75) is 51.9 Å². The van der Waals surface area contributed by atoms with Crippen LogP contribution in [0.2, 0.25) is 0 Å². The zero-order chi connectivity index (χ0) is 11.1. The second kappa shape index (κ2) is 7.05. The summed E-state index contributed by atoms with van der Waals surface area (Å²) < 4.78 is 1.19. The third kappa shape index (κ3) is 4.83. The standard InChI is InChI=1S/C14H21Br/c1-3-4-5-6-8-12(2)13-9-7-10-14(15)11-13/h7,9-12H,3-6,8H2,1-2H3. The average molecular weight is 269 g/mol. The molecule has 0 aliphatic carbocycles. The maximum atomic E-state index is 3.52. The third-order valence-corrected chi connectivity index (χ3v) is 3.40. The Hall–Kier alpha value is -0.300. The van der Waals surface area contributed by atoms with Gasteiger partial charge in [-0.3, -0.25) is 0 Å². The second-order valence-electron chi connectivity index (χ2n) is 4.31. The highest BCUT2D eigenvalue weighted by molar-refractivity contribution is 9.10. The molecule has 1 aromatic carbocycles. The lowest BCUT2D eigenvalue weighted by molar-refractivity contribution is 0.580. The van der Waals surface area contributed by atoms with Crippen LogP contribution >= 0.6 is 15.9 Å². The molecule has 0 bridgehead atoms. The van der Waals surface area contributed by atoms with Gasteiger partial charge in [-0.1, -0.05) is 67.6 Å². The summed E-state index contributed by atoms with van der Waals surface area (Å²) in [5.74, 6) is 0.694. The summed E-state index contributed by atoms with van der Waals surface area (Å²) in [6.07, 6.45) is 6.77. The molecule has 1 aromatic rings. The van der Waals surface area contributed by atoms with Crippen LogP contribution < -0.4 is 0 Å². The van der Waals surface area contributed by atoms with Crippen molar-refractivity contribution in [1.82, 2.24) is 0 Å². The van der Waals surface area contributed by atoms with Crippen LogP contribution in [0.4, 0.5) is 0 Å². The first kappa shape index (κ1) is 12.8. The Kier molecular flexibility index (Phi) is 6.00. The molecule has 0 saturated heterocycles. The second-order valence-corrected chi connectivity index (χ2v) is 5.22. The normalized spacial score (nSPS) is 12.7. The van der Waals surface area contributed by atoms with Crippen molar-refractivity contribution in [2.75, 3.05) is 0 Å². The van der Waals surface area contributed by atoms with Crippen molar-refractivity contribution in [2.24, 2.45) is 0 Å². The molecule has 0 saturated carbocycles. The quantitative estimate of drug-likeness (QED) is 0.596. The van der Waals surface area contributed by atoms with Gasteiger partial charge in [0.1, 0.15) is 0 Å². The van der Waals surface area contributed by atoms with E-state index in [1.165, 1.54) is 42.1 Å². The van der Waals surface area contributed by atoms with Crippen LogP contribution in [0, 0.1) is 0 Å². The SMILES string of the molecule is CCCCCCC(C)c1cccc(Br)c1. The minimum absolute atomic E-state index is 0.694. The molecule has 1 unspecified atom stereocenters. The van der Waals surface area contributed by atoms with Gasteiger partial charge in [-0.15, -0.1) is 0 Å². The van der Waals surface area contributed by atoms with Gasteiger partial charge in [0.2, 0.25) is 0 Å². The van der Waals surface area contributed by atoms with Crippen LogP contribution in [0.1, 0.15) is 57.4 Å². The van der Waals surface area contributed by atoms with Crippen molar-refractivity contribution in [3.8, 4) is 0 Å². The largest absolute Gasteiger partial charge is 0.0654 e. The van der Waals surface area contributed by atoms with E-state index < -0.39 is 0 Å². The number of rotatable bonds is 6. The molecule has 0 amide bonds. The zero-order valence-corrected chi connectivity index (χ0v) is 11.4. The van der Waals surface area contributed by atoms with Gasteiger partial charge in [-0.25, -0.2) is 0 Å². The Morgan fingerprint density at radius 1 is 1.20 bits per heavy atom. The molecule has 0 fully saturated rings. The first-order chi connectivity index (χ1) is 7.24. The van der Waals surface area contributed by atoms with Gasteiger partial charge < -0.3 is 0 Å². The minimum Gasteiger partial charge on any atom is -0.0654 e. The molecule has 0 aromatic heterocycles. The average Bonchev–Trinajstić information content (AvgIpc) is 2.24. The third-order valence-electron chi connectivity index (χ3n) is 2.91. The van der Waals surface area contributed by atoms with Gasteiger partial charge in [-0.05, 0) is 30.0 Å². The molecule has 15 heavy (non-hydrogen) atoms. The highest BCUT2D eigenvalue weighted by Gasteiger charge is 2.04. The van der Waals surface area contributed by atoms with Crippen LogP contribution in [0.5, 0.6) is 0 Å². The predicted molar refractivity (Wildman–Crippen MR) is 71.3 cm³/mol. The lowest BCUT2D eigenvalue weighted by Crippen LogP contribution is -1.93. The first-order valence-corrected chi connectivity index (χ1v) is 6.78. The molecule has 1 rings (SSSR count). The van der Waals surface area contributed by atoms with Crippen molar-refractivity contribution in [3.05, 3.63) is 34.3 Å². The fourth-order valence-corrected chi connectivity index (χ4v) is 2.27. The number of unbranched alkanes of at least 4 members (excludes halogenated alkanes) is 3. The number of benzene rings is 1. The smallest absolute Gasteiger partial charge is 0.0178 e. The molecule has 84 valence electrons. The van der Waals surface area contributed by atoms with E-state index >= 15 is 0 Å². The lowest BCUT2D eigenvalue weighted by atomic mass is 9.95. The molecule has 0 aliphatic rings. The summed E-state index contributed by atoms with van der Waals surface area (Å²) in [4.78, 5) is 0. The van der Waals surface area contributed by atoms with E-state index in [1.54, 1.807) is 0 Å². The highest BCUT2D eigenvalue weighted by Crippen LogP contribution is 2.24. The number of halogens is 1. The Labute approximate surface area is 102 Å². The predicted octanol–water partition coefficient (Wildman–Crippen LogP) is 5.52. The van der Waals surface area contributed by atoms with Crippen molar-refractivity contribution in [3.63, 3.8) is 0 Å². The molecule has 0 spiro atoms. The van der Waals surface area contributed by atoms with E-state index in [0.717, 1.165) is 0 Å². The Morgan fingerprint density at radius 3 is 2.67 bits per heavy atom. The van der Waals surface area contributed by atoms with E-state index in [0.29, 0.717) is 5.92 Å². The first-order valence-electron chi connectivity index (χ1n) is 5.99. The maximum Gasteiger partial charge on any atom is 0.0178 e. The van der Waals surface area contributed by atoms with Crippen LogP contribution in [-0.2, 0) is 0 Å². The molecular formula is C14H21Br. The topological polar surface area (TPSA) is 0 Å². The summed E-state index contributed by atoms with van der Waals surface area (Å²) in [6.45, 7) is 4.59. The molecule has 0 nitrogen and oxygen atoms in total. The van der Waals surface area contributed by atoms with Crippen molar-refractivity contribution < 1.29 is 0 Å². The Balaban J connectivity index is 2.36. The summed E-state index contributed by atoms with van der Waals surface area (Å²) in [5, 5.41) is 0. The van der Waals surface area contributed by atoms with Crippen molar-refractivity contribution in [1.29, 1.82) is 0 Å². The van der Waals surface area contributed by atoms with Crippen LogP contribution in [-0.4, -0.2) is 0 Å². The van der Waals surface area contributed by atoms with Gasteiger partial charge in [0.25, 0.3) is 0 Å². The zero-order valence-electron chi connectivity index (χ0n) is 9.80. The summed E-state index contributed by atoms with van der Waals surface area (Å²) in [7, 11) is 0. The van der Waals surface area contributed by atoms with E-state index in [9.17, 15) is 0 Å². The van der Waals surface area contributed by atoms with Gasteiger partial charge in [0.15, 0.2) is 0 Å². The summed E-state index contributed by atoms with van der Waals surface area (Å²) in [5.41, 5.74) is 1.46. The molecule has 0 radical (unpaired) electrons. The van der Waals surface area contributed by atoms with Gasteiger partial charge in [0.05, 0.1) is 0 Å². The van der Waals surface area contributed by atoms with E-state index in [1.807, 2.05) is 0 Å². The molecule has 0 aliphatic heterocycles. The monoisotopic (exact) mass is 268 g/mol. The number of hydrogen-bond acceptors (Lipinski definition) is 0.